The summed E-state index contributed by atoms with van der Waals surface area (Å²) in [5, 5.41) is 0. The number of nitrogens with one attached hydrogen (secondary N) is 1. The number of benzene rings is 2. The average Bonchev–Trinajstić information content (AvgIpc) is 2.72. The van der Waals surface area contributed by atoms with Gasteiger partial charge in [-0.15, -0.1) is 0 Å². The number of quaternary nitrogens is 1. The zero-order valence-corrected chi connectivity index (χ0v) is 18.0. The third-order valence-electron chi connectivity index (χ3n) is 5.43. The lowest BCUT2D eigenvalue weighted by Gasteiger charge is -2.33. The largest absolute Gasteiger partial charge is 0.330 e. The molecule has 0 aliphatic carbocycles. The van der Waals surface area contributed by atoms with E-state index in [0.717, 1.165) is 37.9 Å². The average molecular weight is 417 g/mol. The van der Waals surface area contributed by atoms with Gasteiger partial charge < -0.3 is 9.80 Å². The summed E-state index contributed by atoms with van der Waals surface area (Å²) in [5.41, 5.74) is 2.96. The highest BCUT2D eigenvalue weighted by Gasteiger charge is 2.28. The molecule has 2 aromatic carbocycles. The van der Waals surface area contributed by atoms with Crippen LogP contribution in [0.25, 0.3) is 0 Å². The second-order valence-electron chi connectivity index (χ2n) is 7.58. The van der Waals surface area contributed by atoms with Crippen molar-refractivity contribution >= 4 is 21.6 Å². The van der Waals surface area contributed by atoms with E-state index < -0.39 is 10.0 Å². The number of carbonyl (C=O) groups is 1. The molecule has 0 unspecified atom stereocenters. The normalized spacial score (nSPS) is 15.3. The smallest absolute Gasteiger partial charge is 0.243 e. The molecule has 1 amide bonds. The Morgan fingerprint density at radius 2 is 1.62 bits per heavy atom. The van der Waals surface area contributed by atoms with Crippen LogP contribution in [0.5, 0.6) is 0 Å². The van der Waals surface area contributed by atoms with E-state index in [1.807, 2.05) is 37.3 Å². The number of hydrogen-bond donors (Lipinski definition) is 1. The monoisotopic (exact) mass is 416 g/mol. The van der Waals surface area contributed by atoms with E-state index >= 15 is 0 Å². The minimum atomic E-state index is -3.54. The lowest BCUT2D eigenvalue weighted by molar-refractivity contribution is -0.917. The molecule has 0 bridgehead atoms. The molecule has 0 saturated carbocycles. The van der Waals surface area contributed by atoms with Crippen molar-refractivity contribution in [2.75, 3.05) is 43.3 Å². The van der Waals surface area contributed by atoms with Crippen LogP contribution >= 0.6 is 0 Å². The maximum Gasteiger partial charge on any atom is 0.243 e. The molecule has 1 saturated heterocycles. The summed E-state index contributed by atoms with van der Waals surface area (Å²) in [4.78, 5) is 16.1. The first kappa shape index (κ1) is 21.3. The predicted molar refractivity (Wildman–Crippen MR) is 115 cm³/mol. The highest BCUT2D eigenvalue weighted by atomic mass is 32.2. The fourth-order valence-electron chi connectivity index (χ4n) is 3.65. The number of amides is 1. The maximum absolute atomic E-state index is 12.8. The number of sulfonamides is 1. The van der Waals surface area contributed by atoms with Crippen LogP contribution in [0.2, 0.25) is 0 Å². The van der Waals surface area contributed by atoms with Gasteiger partial charge in [-0.2, -0.15) is 0 Å². The molecule has 2 aromatic rings. The second-order valence-corrected chi connectivity index (χ2v) is 9.49. The van der Waals surface area contributed by atoms with Crippen LogP contribution in [0.15, 0.2) is 54.6 Å². The van der Waals surface area contributed by atoms with Crippen molar-refractivity contribution in [1.82, 2.24) is 4.90 Å². The van der Waals surface area contributed by atoms with E-state index in [0.29, 0.717) is 18.8 Å². The van der Waals surface area contributed by atoms with Crippen LogP contribution in [0, 0.1) is 0 Å². The third kappa shape index (κ3) is 5.81. The topological polar surface area (TPSA) is 62.1 Å². The van der Waals surface area contributed by atoms with Gasteiger partial charge in [0.25, 0.3) is 0 Å². The van der Waals surface area contributed by atoms with E-state index in [1.54, 1.807) is 17.0 Å². The van der Waals surface area contributed by atoms with Crippen LogP contribution in [0.4, 0.5) is 5.69 Å². The molecule has 156 valence electrons. The van der Waals surface area contributed by atoms with Crippen molar-refractivity contribution in [3.63, 3.8) is 0 Å². The molecule has 0 atom stereocenters. The number of rotatable bonds is 7. The van der Waals surface area contributed by atoms with Crippen molar-refractivity contribution < 1.29 is 18.1 Å². The van der Waals surface area contributed by atoms with Gasteiger partial charge >= 0.3 is 0 Å². The molecule has 0 radical (unpaired) electrons. The summed E-state index contributed by atoms with van der Waals surface area (Å²) >= 11 is 0. The Balaban J connectivity index is 1.60. The third-order valence-corrected chi connectivity index (χ3v) is 6.57. The first-order chi connectivity index (χ1) is 13.9. The van der Waals surface area contributed by atoms with Crippen LogP contribution in [-0.4, -0.2) is 58.2 Å². The first-order valence-electron chi connectivity index (χ1n) is 10.1. The summed E-state index contributed by atoms with van der Waals surface area (Å²) < 4.78 is 25.8. The van der Waals surface area contributed by atoms with Gasteiger partial charge in [-0.25, -0.2) is 8.42 Å². The number of anilines is 1. The van der Waals surface area contributed by atoms with Crippen LogP contribution in [-0.2, 0) is 27.8 Å². The molecule has 0 spiro atoms. The van der Waals surface area contributed by atoms with Crippen LogP contribution in [0.1, 0.15) is 18.1 Å². The number of piperazine rings is 1. The van der Waals surface area contributed by atoms with Gasteiger partial charge in [0.05, 0.1) is 38.1 Å². The fourth-order valence-corrected chi connectivity index (χ4v) is 4.50. The summed E-state index contributed by atoms with van der Waals surface area (Å²) in [6.45, 7) is 5.86. The lowest BCUT2D eigenvalue weighted by atomic mass is 10.1. The minimum absolute atomic E-state index is 0.145. The number of hydrogen-bond acceptors (Lipinski definition) is 3. The number of carbonyl (C=O) groups excluding carboxylic acids is 1. The summed E-state index contributed by atoms with van der Waals surface area (Å²) in [7, 11) is -3.54. The molecule has 29 heavy (non-hydrogen) atoms. The van der Waals surface area contributed by atoms with Crippen molar-refractivity contribution in [3.8, 4) is 0 Å². The molecule has 1 heterocycles. The van der Waals surface area contributed by atoms with E-state index in [1.165, 1.54) is 14.8 Å². The highest BCUT2D eigenvalue weighted by molar-refractivity contribution is 7.92. The Hall–Kier alpha value is -2.38. The zero-order valence-electron chi connectivity index (χ0n) is 17.2. The standard InChI is InChI=1S/C22H29N3O3S/c1-3-19-9-11-21(12-10-19)25(29(2,27)28)18-22(26)24-15-13-23(14-16-24)17-20-7-5-4-6-8-20/h4-12H,3,13-18H2,1-2H3/p+1. The molecule has 1 fully saturated rings. The SMILES string of the molecule is CCc1ccc(N(CC(=O)N2CC[NH+](Cc3ccccc3)CC2)S(C)(=O)=O)cc1. The Bertz CT molecular complexity index is 906. The van der Waals surface area contributed by atoms with Crippen LogP contribution in [0.3, 0.4) is 0 Å². The Kier molecular flexibility index (Phi) is 6.92. The van der Waals surface area contributed by atoms with Gasteiger partial charge in [0, 0.05) is 5.56 Å². The molecule has 3 rings (SSSR count). The number of nitrogens with zero attached hydrogens (tertiary/aromatic N) is 2. The minimum Gasteiger partial charge on any atom is -0.330 e. The van der Waals surface area contributed by atoms with Crippen molar-refractivity contribution in [3.05, 3.63) is 65.7 Å². The van der Waals surface area contributed by atoms with Crippen molar-refractivity contribution in [2.24, 2.45) is 0 Å². The van der Waals surface area contributed by atoms with Gasteiger partial charge in [0.1, 0.15) is 13.1 Å². The predicted octanol–water partition coefficient (Wildman–Crippen LogP) is 0.942. The first-order valence-corrected chi connectivity index (χ1v) is 11.9. The van der Waals surface area contributed by atoms with E-state index in [2.05, 4.69) is 12.1 Å². The lowest BCUT2D eigenvalue weighted by Crippen LogP contribution is -3.13. The molecule has 1 aliphatic rings. The molecule has 7 heteroatoms. The van der Waals surface area contributed by atoms with Crippen molar-refractivity contribution in [2.45, 2.75) is 19.9 Å². The molecule has 1 aliphatic heterocycles. The maximum atomic E-state index is 12.8. The van der Waals surface area contributed by atoms with Crippen molar-refractivity contribution in [1.29, 1.82) is 0 Å². The van der Waals surface area contributed by atoms with Gasteiger partial charge in [-0.1, -0.05) is 49.4 Å². The van der Waals surface area contributed by atoms with E-state index in [4.69, 9.17) is 0 Å². The number of aryl methyl sites for hydroxylation is 1. The molecule has 6 nitrogen and oxygen atoms in total. The molecular weight excluding hydrogens is 386 g/mol. The van der Waals surface area contributed by atoms with Gasteiger partial charge in [0.2, 0.25) is 15.9 Å². The zero-order chi connectivity index (χ0) is 20.9. The van der Waals surface area contributed by atoms with E-state index in [9.17, 15) is 13.2 Å². The molecule has 1 N–H and O–H groups in total. The van der Waals surface area contributed by atoms with E-state index in [-0.39, 0.29) is 12.5 Å². The van der Waals surface area contributed by atoms with Gasteiger partial charge in [0.15, 0.2) is 0 Å². The molecular formula is C22H30N3O3S+. The van der Waals surface area contributed by atoms with Crippen LogP contribution < -0.4 is 9.21 Å². The van der Waals surface area contributed by atoms with Gasteiger partial charge in [-0.3, -0.25) is 9.10 Å². The summed E-state index contributed by atoms with van der Waals surface area (Å²) in [6, 6.07) is 17.7. The quantitative estimate of drug-likeness (QED) is 0.731. The van der Waals surface area contributed by atoms with Gasteiger partial charge in [-0.05, 0) is 24.1 Å². The Labute approximate surface area is 173 Å². The molecule has 0 aromatic heterocycles. The summed E-state index contributed by atoms with van der Waals surface area (Å²) in [5.74, 6) is -0.145. The highest BCUT2D eigenvalue weighted by Crippen LogP contribution is 2.19. The fraction of sp³-hybridized carbons (Fsp3) is 0.409. The Morgan fingerprint density at radius 1 is 1.00 bits per heavy atom. The summed E-state index contributed by atoms with van der Waals surface area (Å²) in [6.07, 6.45) is 2.03. The Morgan fingerprint density at radius 3 is 2.17 bits per heavy atom. The second kappa shape index (κ2) is 9.41.